The van der Waals surface area contributed by atoms with Crippen molar-refractivity contribution in [2.75, 3.05) is 13.6 Å². The minimum atomic E-state index is 0.0441. The van der Waals surface area contributed by atoms with Gasteiger partial charge in [-0.2, -0.15) is 5.21 Å². The molecular weight excluding hydrogens is 280 g/mol. The molecule has 0 aliphatic heterocycles. The molecule has 1 atom stereocenters. The minimum absolute atomic E-state index is 0.0441. The van der Waals surface area contributed by atoms with Crippen molar-refractivity contribution in [3.63, 3.8) is 0 Å². The first kappa shape index (κ1) is 14.7. The largest absolute Gasteiger partial charge is 0.340 e. The number of nitrogens with zero attached hydrogens (tertiary/aromatic N) is 5. The average molecular weight is 302 g/mol. The maximum atomic E-state index is 12.7. The van der Waals surface area contributed by atoms with Gasteiger partial charge in [0.15, 0.2) is 5.82 Å². The van der Waals surface area contributed by atoms with Gasteiger partial charge >= 0.3 is 0 Å². The number of nitrogens with one attached hydrogen (secondary N) is 1. The Bertz CT molecular complexity index is 614. The number of hydrogen-bond donors (Lipinski definition) is 1. The van der Waals surface area contributed by atoms with E-state index in [2.05, 4.69) is 25.2 Å². The summed E-state index contributed by atoms with van der Waals surface area (Å²) in [7, 11) is 1.82. The topological polar surface area (TPSA) is 79.7 Å². The molecule has 0 radical (unpaired) electrons. The summed E-state index contributed by atoms with van der Waals surface area (Å²) in [5, 5.41) is 14.0. The van der Waals surface area contributed by atoms with Crippen LogP contribution in [0.4, 0.5) is 0 Å². The Morgan fingerprint density at radius 3 is 2.95 bits per heavy atom. The zero-order chi connectivity index (χ0) is 15.5. The van der Waals surface area contributed by atoms with Gasteiger partial charge in [0, 0.05) is 31.7 Å². The third-order valence-electron chi connectivity index (χ3n) is 4.41. The van der Waals surface area contributed by atoms with E-state index < -0.39 is 0 Å². The first-order valence-electron chi connectivity index (χ1n) is 7.82. The number of aromatic nitrogens is 5. The van der Waals surface area contributed by atoms with Gasteiger partial charge in [-0.25, -0.2) is 0 Å². The van der Waals surface area contributed by atoms with Crippen molar-refractivity contribution in [2.45, 2.75) is 44.6 Å². The summed E-state index contributed by atoms with van der Waals surface area (Å²) in [5.41, 5.74) is 0.773. The Hall–Kier alpha value is -2.18. The SMILES string of the molecule is C[C@H](CN(C)C(=O)c1cccn1C1CCCC1)c1nn[nH]n1. The van der Waals surface area contributed by atoms with Crippen LogP contribution in [0.25, 0.3) is 0 Å². The van der Waals surface area contributed by atoms with E-state index in [0.717, 1.165) is 18.5 Å². The van der Waals surface area contributed by atoms with Gasteiger partial charge in [-0.15, -0.1) is 10.2 Å². The average Bonchev–Trinajstić information content (AvgIpc) is 3.26. The number of amides is 1. The molecule has 1 N–H and O–H groups in total. The number of likely N-dealkylation sites (N-methyl/N-ethyl adjacent to an activating group) is 1. The number of carbonyl (C=O) groups is 1. The molecule has 0 spiro atoms. The quantitative estimate of drug-likeness (QED) is 0.916. The summed E-state index contributed by atoms with van der Waals surface area (Å²) in [6.07, 6.45) is 6.86. The smallest absolute Gasteiger partial charge is 0.270 e. The van der Waals surface area contributed by atoms with Gasteiger partial charge in [0.1, 0.15) is 5.69 Å². The van der Waals surface area contributed by atoms with Gasteiger partial charge in [0.2, 0.25) is 0 Å². The minimum Gasteiger partial charge on any atom is -0.340 e. The van der Waals surface area contributed by atoms with E-state index in [4.69, 9.17) is 0 Å². The van der Waals surface area contributed by atoms with Gasteiger partial charge < -0.3 is 9.47 Å². The molecule has 2 heterocycles. The van der Waals surface area contributed by atoms with Crippen LogP contribution >= 0.6 is 0 Å². The van der Waals surface area contributed by atoms with Crippen LogP contribution in [-0.2, 0) is 0 Å². The fourth-order valence-corrected chi connectivity index (χ4v) is 3.23. The standard InChI is InChI=1S/C15H22N6O/c1-11(14-16-18-19-17-14)10-20(2)15(22)13-8-5-9-21(13)12-6-3-4-7-12/h5,8-9,11-12H,3-4,6-7,10H2,1-2H3,(H,16,17,18,19)/t11-/m1/s1. The monoisotopic (exact) mass is 302 g/mol. The van der Waals surface area contributed by atoms with E-state index in [1.54, 1.807) is 4.90 Å². The number of carbonyl (C=O) groups excluding carboxylic acids is 1. The van der Waals surface area contributed by atoms with Gasteiger partial charge in [0.25, 0.3) is 5.91 Å². The first-order valence-corrected chi connectivity index (χ1v) is 7.82. The highest BCUT2D eigenvalue weighted by Gasteiger charge is 2.24. The molecule has 2 aromatic rings. The van der Waals surface area contributed by atoms with E-state index >= 15 is 0 Å². The van der Waals surface area contributed by atoms with Crippen molar-refractivity contribution in [1.82, 2.24) is 30.1 Å². The highest BCUT2D eigenvalue weighted by Crippen LogP contribution is 2.31. The van der Waals surface area contributed by atoms with Crippen molar-refractivity contribution in [2.24, 2.45) is 0 Å². The van der Waals surface area contributed by atoms with Crippen LogP contribution in [0.1, 0.15) is 60.9 Å². The molecule has 1 amide bonds. The fraction of sp³-hybridized carbons (Fsp3) is 0.600. The maximum Gasteiger partial charge on any atom is 0.270 e. The third-order valence-corrected chi connectivity index (χ3v) is 4.41. The summed E-state index contributed by atoms with van der Waals surface area (Å²) in [6, 6.07) is 4.34. The molecule has 0 unspecified atom stereocenters. The number of hydrogen-bond acceptors (Lipinski definition) is 4. The lowest BCUT2D eigenvalue weighted by Crippen LogP contribution is -2.32. The zero-order valence-corrected chi connectivity index (χ0v) is 13.1. The Morgan fingerprint density at radius 2 is 2.27 bits per heavy atom. The van der Waals surface area contributed by atoms with Crippen LogP contribution in [-0.4, -0.2) is 49.6 Å². The van der Waals surface area contributed by atoms with Crippen LogP contribution in [0.15, 0.2) is 18.3 Å². The number of H-pyrrole nitrogens is 1. The van der Waals surface area contributed by atoms with Crippen molar-refractivity contribution in [3.05, 3.63) is 29.8 Å². The van der Waals surface area contributed by atoms with E-state index in [-0.39, 0.29) is 11.8 Å². The van der Waals surface area contributed by atoms with Gasteiger partial charge in [0.05, 0.1) is 0 Å². The molecular formula is C15H22N6O. The summed E-state index contributed by atoms with van der Waals surface area (Å²) < 4.78 is 2.14. The Balaban J connectivity index is 1.69. The zero-order valence-electron chi connectivity index (χ0n) is 13.1. The van der Waals surface area contributed by atoms with Crippen molar-refractivity contribution >= 4 is 5.91 Å². The second kappa shape index (κ2) is 6.29. The number of tetrazole rings is 1. The van der Waals surface area contributed by atoms with Gasteiger partial charge in [-0.1, -0.05) is 25.0 Å². The van der Waals surface area contributed by atoms with Crippen molar-refractivity contribution in [1.29, 1.82) is 0 Å². The lowest BCUT2D eigenvalue weighted by molar-refractivity contribution is 0.0774. The van der Waals surface area contributed by atoms with E-state index in [9.17, 15) is 4.79 Å². The molecule has 0 aromatic carbocycles. The van der Waals surface area contributed by atoms with Crippen LogP contribution in [0, 0.1) is 0 Å². The Morgan fingerprint density at radius 1 is 1.50 bits per heavy atom. The molecule has 1 saturated carbocycles. The molecule has 22 heavy (non-hydrogen) atoms. The summed E-state index contributed by atoms with van der Waals surface area (Å²) in [5.74, 6) is 0.723. The highest BCUT2D eigenvalue weighted by molar-refractivity contribution is 5.92. The van der Waals surface area contributed by atoms with E-state index in [1.807, 2.05) is 32.3 Å². The molecule has 7 heteroatoms. The van der Waals surface area contributed by atoms with Crippen LogP contribution < -0.4 is 0 Å². The number of aromatic amines is 1. The molecule has 3 rings (SSSR count). The Kier molecular flexibility index (Phi) is 4.22. The number of rotatable bonds is 5. The molecule has 0 bridgehead atoms. The first-order chi connectivity index (χ1) is 10.7. The molecule has 7 nitrogen and oxygen atoms in total. The summed E-state index contributed by atoms with van der Waals surface area (Å²) >= 11 is 0. The molecule has 118 valence electrons. The van der Waals surface area contributed by atoms with Crippen molar-refractivity contribution < 1.29 is 4.79 Å². The predicted molar refractivity (Wildman–Crippen MR) is 81.5 cm³/mol. The van der Waals surface area contributed by atoms with Crippen molar-refractivity contribution in [3.8, 4) is 0 Å². The molecule has 2 aromatic heterocycles. The van der Waals surface area contributed by atoms with Crippen LogP contribution in [0.2, 0.25) is 0 Å². The second-order valence-corrected chi connectivity index (χ2v) is 6.10. The molecule has 1 aliphatic rings. The van der Waals surface area contributed by atoms with E-state index in [0.29, 0.717) is 18.4 Å². The lowest BCUT2D eigenvalue weighted by Gasteiger charge is -2.22. The lowest BCUT2D eigenvalue weighted by atomic mass is 10.1. The van der Waals surface area contributed by atoms with Crippen LogP contribution in [0.3, 0.4) is 0 Å². The molecule has 0 saturated heterocycles. The normalized spacial score (nSPS) is 16.8. The highest BCUT2D eigenvalue weighted by atomic mass is 16.2. The van der Waals surface area contributed by atoms with E-state index in [1.165, 1.54) is 12.8 Å². The predicted octanol–water partition coefficient (Wildman–Crippen LogP) is 1.99. The fourth-order valence-electron chi connectivity index (χ4n) is 3.23. The molecule has 1 aliphatic carbocycles. The van der Waals surface area contributed by atoms with Gasteiger partial charge in [-0.05, 0) is 25.0 Å². The third kappa shape index (κ3) is 2.88. The van der Waals surface area contributed by atoms with Crippen LogP contribution in [0.5, 0.6) is 0 Å². The van der Waals surface area contributed by atoms with Gasteiger partial charge in [-0.3, -0.25) is 4.79 Å². The summed E-state index contributed by atoms with van der Waals surface area (Å²) in [4.78, 5) is 14.5. The second-order valence-electron chi connectivity index (χ2n) is 6.10. The molecule has 1 fully saturated rings. The summed E-state index contributed by atoms with van der Waals surface area (Å²) in [6.45, 7) is 2.55. The maximum absolute atomic E-state index is 12.7. The Labute approximate surface area is 129 Å².